The van der Waals surface area contributed by atoms with Crippen LogP contribution in [0, 0.1) is 10.8 Å². The van der Waals surface area contributed by atoms with Gasteiger partial charge in [-0.05, 0) is 30.1 Å². The second-order valence-electron chi connectivity index (χ2n) is 6.82. The fraction of sp³-hybridized carbons (Fsp3) is 0.929. The van der Waals surface area contributed by atoms with E-state index in [-0.39, 0.29) is 0 Å². The molecule has 2 fully saturated rings. The summed E-state index contributed by atoms with van der Waals surface area (Å²) < 4.78 is 0. The Hall–Kier alpha value is -0.530. The number of piperidine rings is 1. The first-order chi connectivity index (χ1) is 7.38. The fourth-order valence-electron chi connectivity index (χ4n) is 3.94. The molecule has 1 aliphatic heterocycles. The molecule has 2 nitrogen and oxygen atoms in total. The minimum Gasteiger partial charge on any atom is -0.339 e. The number of rotatable bonds is 3. The Kier molecular flexibility index (Phi) is 2.80. The first kappa shape index (κ1) is 11.9. The first-order valence-corrected chi connectivity index (χ1v) is 6.67. The predicted molar refractivity (Wildman–Crippen MR) is 66.1 cm³/mol. The Morgan fingerprint density at radius 3 is 2.56 bits per heavy atom. The van der Waals surface area contributed by atoms with Crippen LogP contribution < -0.4 is 0 Å². The van der Waals surface area contributed by atoms with E-state index < -0.39 is 0 Å². The summed E-state index contributed by atoms with van der Waals surface area (Å²) in [6, 6.07) is 0.502. The number of carbonyl (C=O) groups excluding carboxylic acids is 1. The summed E-state index contributed by atoms with van der Waals surface area (Å²) in [7, 11) is 0. The highest BCUT2D eigenvalue weighted by Crippen LogP contribution is 2.56. The number of carbonyl (C=O) groups is 1. The molecule has 1 heterocycles. The van der Waals surface area contributed by atoms with Crippen LogP contribution in [0.4, 0.5) is 0 Å². The van der Waals surface area contributed by atoms with Gasteiger partial charge in [-0.1, -0.05) is 34.1 Å². The van der Waals surface area contributed by atoms with Crippen molar-refractivity contribution in [3.8, 4) is 0 Å². The van der Waals surface area contributed by atoms with Crippen molar-refractivity contribution in [3.05, 3.63) is 0 Å². The number of hydrogen-bond donors (Lipinski definition) is 0. The zero-order valence-corrected chi connectivity index (χ0v) is 11.2. The van der Waals surface area contributed by atoms with Crippen LogP contribution in [0.15, 0.2) is 0 Å². The molecule has 92 valence electrons. The lowest BCUT2D eigenvalue weighted by atomic mass is 9.79. The van der Waals surface area contributed by atoms with E-state index in [1.54, 1.807) is 0 Å². The Balaban J connectivity index is 2.06. The molecule has 2 heteroatoms. The van der Waals surface area contributed by atoms with Crippen LogP contribution in [0.25, 0.3) is 0 Å². The monoisotopic (exact) mass is 223 g/mol. The van der Waals surface area contributed by atoms with Crippen LogP contribution in [0.5, 0.6) is 0 Å². The van der Waals surface area contributed by atoms with E-state index >= 15 is 0 Å². The molecule has 0 N–H and O–H groups in total. The molecule has 0 radical (unpaired) electrons. The maximum absolute atomic E-state index is 12.2. The van der Waals surface area contributed by atoms with Crippen molar-refractivity contribution in [1.82, 2.24) is 4.90 Å². The molecule has 1 saturated heterocycles. The van der Waals surface area contributed by atoms with E-state index in [0.29, 0.717) is 22.8 Å². The van der Waals surface area contributed by atoms with Gasteiger partial charge >= 0.3 is 0 Å². The molecule has 0 spiro atoms. The van der Waals surface area contributed by atoms with Crippen LogP contribution in [-0.2, 0) is 4.79 Å². The molecular formula is C14H25NO. The lowest BCUT2D eigenvalue weighted by molar-refractivity contribution is -0.136. The molecule has 1 aliphatic carbocycles. The second-order valence-corrected chi connectivity index (χ2v) is 6.82. The molecule has 2 aliphatic rings. The molecule has 2 rings (SSSR count). The van der Waals surface area contributed by atoms with Gasteiger partial charge in [0.05, 0.1) is 0 Å². The van der Waals surface area contributed by atoms with Crippen LogP contribution in [0.3, 0.4) is 0 Å². The van der Waals surface area contributed by atoms with Gasteiger partial charge in [0.1, 0.15) is 0 Å². The maximum atomic E-state index is 12.2. The van der Waals surface area contributed by atoms with E-state index in [1.807, 2.05) is 0 Å². The topological polar surface area (TPSA) is 20.3 Å². The van der Waals surface area contributed by atoms with Crippen LogP contribution in [0.2, 0.25) is 0 Å². The molecular weight excluding hydrogens is 198 g/mol. The number of hydrogen-bond acceptors (Lipinski definition) is 1. The number of unbranched alkanes of at least 4 members (excludes halogenated alkanes) is 1. The predicted octanol–water partition coefficient (Wildman–Crippen LogP) is 3.21. The van der Waals surface area contributed by atoms with Crippen molar-refractivity contribution in [2.75, 3.05) is 6.54 Å². The average molecular weight is 223 g/mol. The van der Waals surface area contributed by atoms with E-state index in [1.165, 1.54) is 12.8 Å². The molecule has 1 saturated carbocycles. The molecule has 2 atom stereocenters. The molecule has 0 aromatic heterocycles. The summed E-state index contributed by atoms with van der Waals surface area (Å²) in [5.41, 5.74) is 0.727. The van der Waals surface area contributed by atoms with Crippen molar-refractivity contribution < 1.29 is 4.79 Å². The minimum atomic E-state index is 0.328. The van der Waals surface area contributed by atoms with E-state index in [9.17, 15) is 4.79 Å². The minimum absolute atomic E-state index is 0.328. The van der Waals surface area contributed by atoms with Crippen LogP contribution >= 0.6 is 0 Å². The largest absolute Gasteiger partial charge is 0.339 e. The first-order valence-electron chi connectivity index (χ1n) is 6.67. The lowest BCUT2D eigenvalue weighted by Gasteiger charge is -2.41. The van der Waals surface area contributed by atoms with Gasteiger partial charge in [0.25, 0.3) is 0 Å². The van der Waals surface area contributed by atoms with E-state index in [0.717, 1.165) is 25.8 Å². The van der Waals surface area contributed by atoms with Crippen LogP contribution in [0.1, 0.15) is 59.8 Å². The Morgan fingerprint density at radius 2 is 2.06 bits per heavy atom. The zero-order chi connectivity index (χ0) is 12.0. The molecule has 1 amide bonds. The van der Waals surface area contributed by atoms with Gasteiger partial charge in [-0.3, -0.25) is 4.79 Å². The SMILES string of the molecule is CCCCC(=O)N1CC2(C)CC1C(C)(C)C2. The van der Waals surface area contributed by atoms with Gasteiger partial charge in [-0.2, -0.15) is 0 Å². The Morgan fingerprint density at radius 1 is 1.38 bits per heavy atom. The molecule has 2 unspecified atom stereocenters. The third-order valence-electron chi connectivity index (χ3n) is 4.46. The normalized spacial score (nSPS) is 35.8. The molecule has 0 aromatic carbocycles. The van der Waals surface area contributed by atoms with E-state index in [4.69, 9.17) is 0 Å². The van der Waals surface area contributed by atoms with Crippen molar-refractivity contribution in [2.24, 2.45) is 10.8 Å². The highest BCUT2D eigenvalue weighted by molar-refractivity contribution is 5.77. The molecule has 2 bridgehead atoms. The lowest BCUT2D eigenvalue weighted by Crippen LogP contribution is -2.47. The van der Waals surface area contributed by atoms with Gasteiger partial charge in [0.15, 0.2) is 0 Å². The van der Waals surface area contributed by atoms with Crippen molar-refractivity contribution in [1.29, 1.82) is 0 Å². The summed E-state index contributed by atoms with van der Waals surface area (Å²) in [6.45, 7) is 10.1. The van der Waals surface area contributed by atoms with Gasteiger partial charge in [0, 0.05) is 19.0 Å². The summed E-state index contributed by atoms with van der Waals surface area (Å²) >= 11 is 0. The second kappa shape index (κ2) is 3.75. The Labute approximate surface area is 99.4 Å². The van der Waals surface area contributed by atoms with Crippen molar-refractivity contribution in [3.63, 3.8) is 0 Å². The van der Waals surface area contributed by atoms with Crippen LogP contribution in [-0.4, -0.2) is 23.4 Å². The van der Waals surface area contributed by atoms with Gasteiger partial charge < -0.3 is 4.90 Å². The molecule has 16 heavy (non-hydrogen) atoms. The smallest absolute Gasteiger partial charge is 0.222 e. The highest BCUT2D eigenvalue weighted by atomic mass is 16.2. The summed E-state index contributed by atoms with van der Waals surface area (Å²) in [5.74, 6) is 0.392. The summed E-state index contributed by atoms with van der Waals surface area (Å²) in [5, 5.41) is 0. The number of fused-ring (bicyclic) bond motifs is 2. The van der Waals surface area contributed by atoms with Gasteiger partial charge in [0.2, 0.25) is 5.91 Å². The number of amides is 1. The van der Waals surface area contributed by atoms with Gasteiger partial charge in [-0.15, -0.1) is 0 Å². The quantitative estimate of drug-likeness (QED) is 0.719. The van der Waals surface area contributed by atoms with Crippen molar-refractivity contribution in [2.45, 2.75) is 65.8 Å². The third kappa shape index (κ3) is 1.87. The standard InChI is InChI=1S/C14H25NO/c1-5-6-7-12(16)15-10-14(4)8-11(15)13(2,3)9-14/h11H,5-10H2,1-4H3. The summed E-state index contributed by atoms with van der Waals surface area (Å²) in [4.78, 5) is 14.3. The number of likely N-dealkylation sites (tertiary alicyclic amines) is 1. The Bertz CT molecular complexity index is 294. The third-order valence-corrected chi connectivity index (χ3v) is 4.46. The summed E-state index contributed by atoms with van der Waals surface area (Å²) in [6.07, 6.45) is 5.41. The highest BCUT2D eigenvalue weighted by Gasteiger charge is 2.56. The fourth-order valence-corrected chi connectivity index (χ4v) is 3.94. The number of nitrogens with zero attached hydrogens (tertiary/aromatic N) is 1. The zero-order valence-electron chi connectivity index (χ0n) is 11.2. The van der Waals surface area contributed by atoms with E-state index in [2.05, 4.69) is 32.6 Å². The maximum Gasteiger partial charge on any atom is 0.222 e. The van der Waals surface area contributed by atoms with Gasteiger partial charge in [-0.25, -0.2) is 0 Å². The molecule has 0 aromatic rings. The van der Waals surface area contributed by atoms with Crippen molar-refractivity contribution >= 4 is 5.91 Å². The average Bonchev–Trinajstić information content (AvgIpc) is 2.62.